The Labute approximate surface area is 190 Å². The van der Waals surface area contributed by atoms with Gasteiger partial charge in [-0.3, -0.25) is 9.78 Å². The van der Waals surface area contributed by atoms with Crippen LogP contribution in [0.1, 0.15) is 37.2 Å². The van der Waals surface area contributed by atoms with Gasteiger partial charge in [-0.05, 0) is 37.6 Å². The van der Waals surface area contributed by atoms with E-state index in [1.807, 2.05) is 18.2 Å². The van der Waals surface area contributed by atoms with Crippen LogP contribution in [0.2, 0.25) is 0 Å². The summed E-state index contributed by atoms with van der Waals surface area (Å²) in [5.41, 5.74) is 9.70. The predicted octanol–water partition coefficient (Wildman–Crippen LogP) is 3.76. The van der Waals surface area contributed by atoms with Gasteiger partial charge >= 0.3 is 0 Å². The number of nitrogens with zero attached hydrogens (tertiary/aromatic N) is 4. The molecule has 2 aromatic heterocycles. The van der Waals surface area contributed by atoms with Gasteiger partial charge in [-0.15, -0.1) is 0 Å². The van der Waals surface area contributed by atoms with Crippen LogP contribution in [0.25, 0.3) is 11.3 Å². The number of benzene rings is 1. The molecule has 3 rings (SSSR count). The Bertz CT molecular complexity index is 1190. The molecule has 0 unspecified atom stereocenters. The van der Waals surface area contributed by atoms with Gasteiger partial charge < -0.3 is 15.8 Å². The zero-order chi connectivity index (χ0) is 23.1. The zero-order valence-electron chi connectivity index (χ0n) is 17.8. The van der Waals surface area contributed by atoms with Gasteiger partial charge in [0.05, 0.1) is 11.4 Å². The third kappa shape index (κ3) is 6.12. The van der Waals surface area contributed by atoms with Crippen molar-refractivity contribution in [3.05, 3.63) is 59.4 Å². The van der Waals surface area contributed by atoms with E-state index >= 15 is 0 Å². The van der Waals surface area contributed by atoms with Crippen molar-refractivity contribution in [2.45, 2.75) is 37.6 Å². The molecule has 9 heteroatoms. The normalized spacial score (nSPS) is 10.4. The number of hydrogen-bond donors (Lipinski definition) is 2. The first-order valence-corrected chi connectivity index (χ1v) is 10.9. The first-order chi connectivity index (χ1) is 15.4. The highest BCUT2D eigenvalue weighted by molar-refractivity contribution is 7.98. The van der Waals surface area contributed by atoms with Crippen LogP contribution in [0, 0.1) is 11.3 Å². The molecule has 0 aliphatic carbocycles. The predicted molar refractivity (Wildman–Crippen MR) is 124 cm³/mol. The van der Waals surface area contributed by atoms with Gasteiger partial charge in [-0.1, -0.05) is 30.0 Å². The van der Waals surface area contributed by atoms with Gasteiger partial charge in [0.15, 0.2) is 5.16 Å². The third-order valence-corrected chi connectivity index (χ3v) is 5.33. The number of pyridine rings is 1. The number of hydrogen-bond acceptors (Lipinski definition) is 8. The Morgan fingerprint density at radius 2 is 1.78 bits per heavy atom. The molecular weight excluding hydrogens is 424 g/mol. The van der Waals surface area contributed by atoms with Crippen molar-refractivity contribution >= 4 is 35.0 Å². The lowest BCUT2D eigenvalue weighted by Gasteiger charge is -2.10. The van der Waals surface area contributed by atoms with Crippen molar-refractivity contribution in [3.8, 4) is 17.3 Å². The molecule has 8 nitrogen and oxygen atoms in total. The number of nitrogens with one attached hydrogen (secondary N) is 1. The average Bonchev–Trinajstić information content (AvgIpc) is 2.76. The number of aryl methyl sites for hydroxylation is 1. The number of amides is 1. The van der Waals surface area contributed by atoms with Crippen LogP contribution in [-0.2, 0) is 21.8 Å². The summed E-state index contributed by atoms with van der Waals surface area (Å²) < 4.78 is 0. The summed E-state index contributed by atoms with van der Waals surface area (Å²) in [4.78, 5) is 35.8. The standard InChI is InChI=1S/C23H22N6O2S/c1-14(30)6-9-17-4-3-5-19(27-17)13-32-23-28-21(20(12-24)22(25)29-23)16-7-10-18(11-8-16)26-15(2)31/h3-5,7-8,10-11H,6,9,13H2,1-2H3,(H,26,31)(H2,25,28,29). The monoisotopic (exact) mass is 446 g/mol. The van der Waals surface area contributed by atoms with Gasteiger partial charge in [-0.2, -0.15) is 5.26 Å². The second kappa shape index (κ2) is 10.5. The lowest BCUT2D eigenvalue weighted by atomic mass is 10.1. The molecule has 0 radical (unpaired) electrons. The first kappa shape index (κ1) is 22.9. The van der Waals surface area contributed by atoms with Crippen molar-refractivity contribution in [1.82, 2.24) is 15.0 Å². The molecule has 0 bridgehead atoms. The molecule has 0 spiro atoms. The number of rotatable bonds is 8. The highest BCUT2D eigenvalue weighted by Crippen LogP contribution is 2.29. The van der Waals surface area contributed by atoms with Gasteiger partial charge in [-0.25, -0.2) is 9.97 Å². The summed E-state index contributed by atoms with van der Waals surface area (Å²) in [5.74, 6) is 0.583. The second-order valence-electron chi connectivity index (χ2n) is 7.10. The SMILES string of the molecule is CC(=O)CCc1cccc(CSc2nc(N)c(C#N)c(-c3ccc(NC(C)=O)cc3)n2)n1. The molecule has 0 atom stereocenters. The Balaban J connectivity index is 1.81. The van der Waals surface area contributed by atoms with E-state index in [4.69, 9.17) is 5.73 Å². The van der Waals surface area contributed by atoms with E-state index in [-0.39, 0.29) is 23.1 Å². The molecule has 162 valence electrons. The van der Waals surface area contributed by atoms with Crippen LogP contribution in [0.15, 0.2) is 47.6 Å². The fourth-order valence-corrected chi connectivity index (χ4v) is 3.70. The maximum atomic E-state index is 11.2. The van der Waals surface area contributed by atoms with Gasteiger partial charge in [0, 0.05) is 36.0 Å². The summed E-state index contributed by atoms with van der Waals surface area (Å²) in [6.45, 7) is 3.00. The molecule has 3 N–H and O–H groups in total. The Morgan fingerprint density at radius 1 is 1.06 bits per heavy atom. The van der Waals surface area contributed by atoms with E-state index in [0.29, 0.717) is 40.7 Å². The number of ketones is 1. The van der Waals surface area contributed by atoms with Crippen molar-refractivity contribution in [2.75, 3.05) is 11.1 Å². The fraction of sp³-hybridized carbons (Fsp3) is 0.217. The average molecular weight is 447 g/mol. The minimum Gasteiger partial charge on any atom is -0.382 e. The molecule has 0 aliphatic heterocycles. The van der Waals surface area contributed by atoms with E-state index in [9.17, 15) is 14.9 Å². The number of anilines is 2. The number of carbonyl (C=O) groups excluding carboxylic acids is 2. The Kier molecular flexibility index (Phi) is 7.52. The summed E-state index contributed by atoms with van der Waals surface area (Å²) >= 11 is 1.36. The number of Topliss-reactive ketones (excluding diaryl/α,β-unsaturated/α-hetero) is 1. The highest BCUT2D eigenvalue weighted by Gasteiger charge is 2.15. The van der Waals surface area contributed by atoms with Crippen LogP contribution in [0.4, 0.5) is 11.5 Å². The number of aromatic nitrogens is 3. The maximum absolute atomic E-state index is 11.2. The largest absolute Gasteiger partial charge is 0.382 e. The molecule has 1 amide bonds. The van der Waals surface area contributed by atoms with E-state index in [1.165, 1.54) is 18.7 Å². The van der Waals surface area contributed by atoms with Crippen molar-refractivity contribution < 1.29 is 9.59 Å². The quantitative estimate of drug-likeness (QED) is 0.394. The lowest BCUT2D eigenvalue weighted by molar-refractivity contribution is -0.117. The number of nitrogens with two attached hydrogens (primary N) is 1. The highest BCUT2D eigenvalue weighted by atomic mass is 32.2. The summed E-state index contributed by atoms with van der Waals surface area (Å²) in [5, 5.41) is 12.7. The molecule has 32 heavy (non-hydrogen) atoms. The van der Waals surface area contributed by atoms with Gasteiger partial charge in [0.2, 0.25) is 5.91 Å². The third-order valence-electron chi connectivity index (χ3n) is 4.45. The van der Waals surface area contributed by atoms with Gasteiger partial charge in [0.25, 0.3) is 0 Å². The van der Waals surface area contributed by atoms with Crippen LogP contribution in [0.3, 0.4) is 0 Å². The van der Waals surface area contributed by atoms with E-state index in [1.54, 1.807) is 31.2 Å². The maximum Gasteiger partial charge on any atom is 0.221 e. The van der Waals surface area contributed by atoms with Crippen molar-refractivity contribution in [3.63, 3.8) is 0 Å². The molecule has 1 aromatic carbocycles. The van der Waals surface area contributed by atoms with Crippen molar-refractivity contribution in [1.29, 1.82) is 5.26 Å². The Morgan fingerprint density at radius 3 is 2.44 bits per heavy atom. The van der Waals surface area contributed by atoms with Gasteiger partial charge in [0.1, 0.15) is 23.2 Å². The number of carbonyl (C=O) groups is 2. The second-order valence-corrected chi connectivity index (χ2v) is 8.04. The van der Waals surface area contributed by atoms with Crippen LogP contribution >= 0.6 is 11.8 Å². The minimum absolute atomic E-state index is 0.106. The van der Waals surface area contributed by atoms with E-state index in [2.05, 4.69) is 26.3 Å². The summed E-state index contributed by atoms with van der Waals surface area (Å²) in [7, 11) is 0. The number of thioether (sulfide) groups is 1. The van der Waals surface area contributed by atoms with Crippen LogP contribution in [-0.4, -0.2) is 26.6 Å². The van der Waals surface area contributed by atoms with Crippen LogP contribution in [0.5, 0.6) is 0 Å². The molecule has 0 aliphatic rings. The molecule has 0 saturated heterocycles. The minimum atomic E-state index is -0.167. The summed E-state index contributed by atoms with van der Waals surface area (Å²) in [6.07, 6.45) is 1.07. The van der Waals surface area contributed by atoms with E-state index in [0.717, 1.165) is 11.4 Å². The Hall–Kier alpha value is -3.77. The smallest absolute Gasteiger partial charge is 0.221 e. The number of nitrogen functional groups attached to an aromatic ring is 1. The van der Waals surface area contributed by atoms with Crippen LogP contribution < -0.4 is 11.1 Å². The molecular formula is C23H22N6O2S. The topological polar surface area (TPSA) is 135 Å². The number of nitriles is 1. The zero-order valence-corrected chi connectivity index (χ0v) is 18.6. The fourth-order valence-electron chi connectivity index (χ4n) is 2.95. The molecule has 2 heterocycles. The lowest BCUT2D eigenvalue weighted by Crippen LogP contribution is -2.06. The molecule has 0 saturated carbocycles. The summed E-state index contributed by atoms with van der Waals surface area (Å²) in [6, 6.07) is 14.8. The first-order valence-electron chi connectivity index (χ1n) is 9.88. The molecule has 3 aromatic rings. The van der Waals surface area contributed by atoms with E-state index < -0.39 is 0 Å². The molecule has 0 fully saturated rings. The van der Waals surface area contributed by atoms with Crippen molar-refractivity contribution in [2.24, 2.45) is 0 Å².